The molecule has 0 amide bonds. The molecule has 0 saturated heterocycles. The second-order valence-corrected chi connectivity index (χ2v) is 9.61. The minimum absolute atomic E-state index is 0.243. The number of hydrogen-bond acceptors (Lipinski definition) is 5. The van der Waals surface area contributed by atoms with Crippen LogP contribution in [0, 0.1) is 6.92 Å². The van der Waals surface area contributed by atoms with Crippen molar-refractivity contribution in [3.05, 3.63) is 52.0 Å². The third kappa shape index (κ3) is 5.27. The molecule has 1 aliphatic rings. The number of hydrogen-bond donors (Lipinski definition) is 1. The lowest BCUT2D eigenvalue weighted by Crippen LogP contribution is -2.32. The lowest BCUT2D eigenvalue weighted by Gasteiger charge is -2.29. The molecule has 0 spiro atoms. The SMILES string of the molecule is COc1cc2c(cc1OC)CN(CCCCNS(=O)(=O)c1cccc(Cl)c1C)CC2. The van der Waals surface area contributed by atoms with E-state index in [0.717, 1.165) is 50.4 Å². The Morgan fingerprint density at radius 2 is 1.80 bits per heavy atom. The van der Waals surface area contributed by atoms with Crippen LogP contribution >= 0.6 is 11.6 Å². The van der Waals surface area contributed by atoms with Gasteiger partial charge < -0.3 is 9.47 Å². The van der Waals surface area contributed by atoms with Crippen LogP contribution in [0.5, 0.6) is 11.5 Å². The highest BCUT2D eigenvalue weighted by Crippen LogP contribution is 2.33. The van der Waals surface area contributed by atoms with Gasteiger partial charge in [0.05, 0.1) is 19.1 Å². The highest BCUT2D eigenvalue weighted by atomic mass is 35.5. The Balaban J connectivity index is 1.48. The van der Waals surface area contributed by atoms with Crippen LogP contribution in [0.3, 0.4) is 0 Å². The maximum Gasteiger partial charge on any atom is 0.240 e. The van der Waals surface area contributed by atoms with E-state index in [1.54, 1.807) is 39.3 Å². The van der Waals surface area contributed by atoms with Crippen LogP contribution in [0.4, 0.5) is 0 Å². The number of rotatable bonds is 9. The van der Waals surface area contributed by atoms with Gasteiger partial charge in [-0.1, -0.05) is 17.7 Å². The van der Waals surface area contributed by atoms with Crippen LogP contribution in [-0.4, -0.2) is 47.2 Å². The first-order chi connectivity index (χ1) is 14.4. The van der Waals surface area contributed by atoms with Crippen molar-refractivity contribution in [2.75, 3.05) is 33.9 Å². The van der Waals surface area contributed by atoms with Gasteiger partial charge in [-0.2, -0.15) is 0 Å². The zero-order valence-corrected chi connectivity index (χ0v) is 19.3. The van der Waals surface area contributed by atoms with Gasteiger partial charge in [-0.15, -0.1) is 0 Å². The zero-order chi connectivity index (χ0) is 21.7. The largest absolute Gasteiger partial charge is 0.493 e. The number of sulfonamides is 1. The van der Waals surface area contributed by atoms with Crippen LogP contribution in [0.25, 0.3) is 0 Å². The van der Waals surface area contributed by atoms with Crippen molar-refractivity contribution in [3.63, 3.8) is 0 Å². The van der Waals surface area contributed by atoms with E-state index in [2.05, 4.69) is 21.8 Å². The summed E-state index contributed by atoms with van der Waals surface area (Å²) in [6.45, 7) is 4.89. The van der Waals surface area contributed by atoms with Gasteiger partial charge in [0.15, 0.2) is 11.5 Å². The smallest absolute Gasteiger partial charge is 0.240 e. The fourth-order valence-corrected chi connectivity index (χ4v) is 5.33. The Bertz CT molecular complexity index is 995. The van der Waals surface area contributed by atoms with E-state index < -0.39 is 10.0 Å². The molecule has 0 fully saturated rings. The van der Waals surface area contributed by atoms with Gasteiger partial charge in [0.2, 0.25) is 10.0 Å². The first kappa shape index (κ1) is 22.9. The lowest BCUT2D eigenvalue weighted by molar-refractivity contribution is 0.248. The molecule has 6 nitrogen and oxygen atoms in total. The number of nitrogens with zero attached hydrogens (tertiary/aromatic N) is 1. The summed E-state index contributed by atoms with van der Waals surface area (Å²) in [6.07, 6.45) is 2.66. The quantitative estimate of drug-likeness (QED) is 0.586. The molecular weight excluding hydrogens is 424 g/mol. The van der Waals surface area contributed by atoms with Crippen LogP contribution in [-0.2, 0) is 23.0 Å². The van der Waals surface area contributed by atoms with Crippen molar-refractivity contribution in [3.8, 4) is 11.5 Å². The summed E-state index contributed by atoms with van der Waals surface area (Å²) in [6, 6.07) is 9.05. The van der Waals surface area contributed by atoms with E-state index in [0.29, 0.717) is 17.1 Å². The first-order valence-corrected chi connectivity index (χ1v) is 11.9. The Hall–Kier alpha value is -1.80. The van der Waals surface area contributed by atoms with Crippen LogP contribution in [0.1, 0.15) is 29.5 Å². The van der Waals surface area contributed by atoms with Crippen molar-refractivity contribution in [2.24, 2.45) is 0 Å². The summed E-state index contributed by atoms with van der Waals surface area (Å²) >= 11 is 6.05. The summed E-state index contributed by atoms with van der Waals surface area (Å²) in [5.41, 5.74) is 3.13. The molecular formula is C22H29ClN2O4S. The van der Waals surface area contributed by atoms with Crippen LogP contribution < -0.4 is 14.2 Å². The second-order valence-electron chi connectivity index (χ2n) is 7.47. The number of unbranched alkanes of at least 4 members (excludes halogenated alkanes) is 1. The van der Waals surface area contributed by atoms with E-state index in [1.807, 2.05) is 0 Å². The molecule has 1 aliphatic heterocycles. The molecule has 0 aliphatic carbocycles. The molecule has 2 aromatic rings. The van der Waals surface area contributed by atoms with Gasteiger partial charge in [-0.3, -0.25) is 4.90 Å². The average molecular weight is 453 g/mol. The molecule has 164 valence electrons. The van der Waals surface area contributed by atoms with Gasteiger partial charge in [0, 0.05) is 24.7 Å². The van der Waals surface area contributed by atoms with E-state index in [9.17, 15) is 8.42 Å². The number of halogens is 1. The van der Waals surface area contributed by atoms with Gasteiger partial charge in [0.1, 0.15) is 0 Å². The molecule has 0 bridgehead atoms. The number of ether oxygens (including phenoxy) is 2. The fraction of sp³-hybridized carbons (Fsp3) is 0.455. The van der Waals surface area contributed by atoms with Gasteiger partial charge in [-0.25, -0.2) is 13.1 Å². The molecule has 3 rings (SSSR count). The van der Waals surface area contributed by atoms with Crippen LogP contribution in [0.2, 0.25) is 5.02 Å². The molecule has 30 heavy (non-hydrogen) atoms. The van der Waals surface area contributed by atoms with Gasteiger partial charge >= 0.3 is 0 Å². The third-order valence-electron chi connectivity index (χ3n) is 5.50. The fourth-order valence-electron chi connectivity index (χ4n) is 3.76. The maximum absolute atomic E-state index is 12.5. The van der Waals surface area contributed by atoms with E-state index >= 15 is 0 Å². The topological polar surface area (TPSA) is 67.9 Å². The second kappa shape index (κ2) is 10.0. The minimum Gasteiger partial charge on any atom is -0.493 e. The molecule has 2 aromatic carbocycles. The first-order valence-electron chi connectivity index (χ1n) is 10.1. The predicted octanol–water partition coefficient (Wildman–Crippen LogP) is 3.78. The average Bonchev–Trinajstić information content (AvgIpc) is 2.74. The number of benzene rings is 2. The number of nitrogens with one attached hydrogen (secondary N) is 1. The van der Waals surface area contributed by atoms with E-state index in [-0.39, 0.29) is 4.90 Å². The Morgan fingerprint density at radius 1 is 1.10 bits per heavy atom. The van der Waals surface area contributed by atoms with Gasteiger partial charge in [0.25, 0.3) is 0 Å². The van der Waals surface area contributed by atoms with Crippen molar-refractivity contribution >= 4 is 21.6 Å². The molecule has 0 radical (unpaired) electrons. The molecule has 8 heteroatoms. The third-order valence-corrected chi connectivity index (χ3v) is 7.51. The van der Waals surface area contributed by atoms with Crippen molar-refractivity contribution in [1.29, 1.82) is 0 Å². The number of fused-ring (bicyclic) bond motifs is 1. The normalized spacial score (nSPS) is 14.4. The summed E-state index contributed by atoms with van der Waals surface area (Å²) < 4.78 is 38.5. The molecule has 0 aromatic heterocycles. The van der Waals surface area contributed by atoms with Gasteiger partial charge in [-0.05, 0) is 73.7 Å². The lowest BCUT2D eigenvalue weighted by atomic mass is 9.98. The summed E-state index contributed by atoms with van der Waals surface area (Å²) in [5.74, 6) is 1.52. The molecule has 1 N–H and O–H groups in total. The van der Waals surface area contributed by atoms with Crippen LogP contribution in [0.15, 0.2) is 35.2 Å². The predicted molar refractivity (Wildman–Crippen MR) is 119 cm³/mol. The Labute approximate surface area is 184 Å². The van der Waals surface area contributed by atoms with Crippen molar-refractivity contribution in [1.82, 2.24) is 9.62 Å². The molecule has 1 heterocycles. The van der Waals surface area contributed by atoms with Crippen molar-refractivity contribution < 1.29 is 17.9 Å². The highest BCUT2D eigenvalue weighted by molar-refractivity contribution is 7.89. The Morgan fingerprint density at radius 3 is 2.50 bits per heavy atom. The monoisotopic (exact) mass is 452 g/mol. The summed E-state index contributed by atoms with van der Waals surface area (Å²) in [5, 5.41) is 0.456. The minimum atomic E-state index is -3.55. The Kier molecular flexibility index (Phi) is 7.63. The molecule has 0 unspecified atom stereocenters. The van der Waals surface area contributed by atoms with Crippen molar-refractivity contribution in [2.45, 2.75) is 37.6 Å². The highest BCUT2D eigenvalue weighted by Gasteiger charge is 2.20. The van der Waals surface area contributed by atoms with E-state index in [1.165, 1.54) is 11.1 Å². The zero-order valence-electron chi connectivity index (χ0n) is 17.7. The number of methoxy groups -OCH3 is 2. The standard InChI is InChI=1S/C22H29ClN2O4S/c1-16-19(23)7-6-8-22(16)30(26,27)24-10-4-5-11-25-12-9-17-13-20(28-2)21(29-3)14-18(17)15-25/h6-8,13-14,24H,4-5,9-12,15H2,1-3H3. The summed E-state index contributed by atoms with van der Waals surface area (Å²) in [4.78, 5) is 2.64. The summed E-state index contributed by atoms with van der Waals surface area (Å²) in [7, 11) is -0.243. The maximum atomic E-state index is 12.5. The molecule has 0 saturated carbocycles. The van der Waals surface area contributed by atoms with E-state index in [4.69, 9.17) is 21.1 Å². The molecule has 0 atom stereocenters.